The highest BCUT2D eigenvalue weighted by Crippen LogP contribution is 2.22. The fourth-order valence-electron chi connectivity index (χ4n) is 1.51. The molecule has 1 unspecified atom stereocenters. The lowest BCUT2D eigenvalue weighted by Gasteiger charge is -2.13. The Morgan fingerprint density at radius 2 is 2.15 bits per heavy atom. The summed E-state index contributed by atoms with van der Waals surface area (Å²) >= 11 is 12.8. The summed E-state index contributed by atoms with van der Waals surface area (Å²) in [4.78, 5) is 27.6. The zero-order chi connectivity index (χ0) is 14.7. The molecule has 0 bridgehead atoms. The van der Waals surface area contributed by atoms with Gasteiger partial charge in [0.2, 0.25) is 0 Å². The second-order valence-corrected chi connectivity index (χ2v) is 5.52. The standard InChI is InChI=1S/C12H8Cl2N2O3S/c13-7-5-15-9(14)4-6(7)11(17)16-10(12(18)19)8-2-1-3-20-8/h1-5,10H,(H,16,17)(H,18,19). The number of halogens is 2. The van der Waals surface area contributed by atoms with E-state index in [1.54, 1.807) is 17.5 Å². The molecule has 0 spiro atoms. The van der Waals surface area contributed by atoms with Crippen molar-refractivity contribution in [2.75, 3.05) is 0 Å². The number of nitrogens with one attached hydrogen (secondary N) is 1. The van der Waals surface area contributed by atoms with Crippen molar-refractivity contribution in [2.45, 2.75) is 6.04 Å². The van der Waals surface area contributed by atoms with Crippen LogP contribution in [-0.4, -0.2) is 22.0 Å². The van der Waals surface area contributed by atoms with E-state index in [0.717, 1.165) is 0 Å². The predicted octanol–water partition coefficient (Wildman–Crippen LogP) is 3.01. The van der Waals surface area contributed by atoms with E-state index >= 15 is 0 Å². The molecule has 2 rings (SSSR count). The first-order chi connectivity index (χ1) is 9.49. The van der Waals surface area contributed by atoms with Crippen LogP contribution in [0.25, 0.3) is 0 Å². The normalized spacial score (nSPS) is 11.9. The number of thiophene rings is 1. The third-order valence-corrected chi connectivity index (χ3v) is 3.86. The van der Waals surface area contributed by atoms with Crippen molar-refractivity contribution in [2.24, 2.45) is 0 Å². The lowest BCUT2D eigenvalue weighted by molar-refractivity contribution is -0.139. The average molecular weight is 331 g/mol. The van der Waals surface area contributed by atoms with Crippen LogP contribution in [0, 0.1) is 0 Å². The van der Waals surface area contributed by atoms with Crippen molar-refractivity contribution < 1.29 is 14.7 Å². The topological polar surface area (TPSA) is 79.3 Å². The molecule has 104 valence electrons. The second kappa shape index (κ2) is 6.21. The zero-order valence-corrected chi connectivity index (χ0v) is 12.2. The molecule has 0 aromatic carbocycles. The summed E-state index contributed by atoms with van der Waals surface area (Å²) in [5, 5.41) is 13.5. The van der Waals surface area contributed by atoms with Crippen LogP contribution >= 0.6 is 34.5 Å². The molecule has 1 atom stereocenters. The molecule has 2 aromatic heterocycles. The van der Waals surface area contributed by atoms with Gasteiger partial charge in [0, 0.05) is 11.1 Å². The zero-order valence-electron chi connectivity index (χ0n) is 9.84. The van der Waals surface area contributed by atoms with Gasteiger partial charge in [0.25, 0.3) is 5.91 Å². The molecule has 2 heterocycles. The van der Waals surface area contributed by atoms with Crippen LogP contribution in [0.2, 0.25) is 10.2 Å². The molecule has 20 heavy (non-hydrogen) atoms. The number of rotatable bonds is 4. The summed E-state index contributed by atoms with van der Waals surface area (Å²) in [6.07, 6.45) is 1.24. The number of nitrogens with zero attached hydrogens (tertiary/aromatic N) is 1. The van der Waals surface area contributed by atoms with Crippen LogP contribution in [-0.2, 0) is 4.79 Å². The maximum Gasteiger partial charge on any atom is 0.331 e. The lowest BCUT2D eigenvalue weighted by atomic mass is 10.2. The number of carbonyl (C=O) groups excluding carboxylic acids is 1. The Hall–Kier alpha value is -1.63. The van der Waals surface area contributed by atoms with Crippen molar-refractivity contribution in [3.8, 4) is 0 Å². The van der Waals surface area contributed by atoms with Crippen LogP contribution in [0.5, 0.6) is 0 Å². The summed E-state index contributed by atoms with van der Waals surface area (Å²) in [6, 6.07) is 3.49. The third kappa shape index (κ3) is 3.27. The van der Waals surface area contributed by atoms with Crippen molar-refractivity contribution in [3.05, 3.63) is 50.4 Å². The molecular formula is C12H8Cl2N2O3S. The SMILES string of the molecule is O=C(NC(C(=O)O)c1cccs1)c1cc(Cl)ncc1Cl. The predicted molar refractivity (Wildman–Crippen MR) is 76.4 cm³/mol. The summed E-state index contributed by atoms with van der Waals surface area (Å²) < 4.78 is 0. The minimum atomic E-state index is -1.16. The fourth-order valence-corrected chi connectivity index (χ4v) is 2.62. The summed E-state index contributed by atoms with van der Waals surface area (Å²) in [5.74, 6) is -1.78. The molecule has 0 fully saturated rings. The Morgan fingerprint density at radius 1 is 1.40 bits per heavy atom. The van der Waals surface area contributed by atoms with Crippen LogP contribution in [0.1, 0.15) is 21.3 Å². The minimum Gasteiger partial charge on any atom is -0.479 e. The number of amides is 1. The largest absolute Gasteiger partial charge is 0.479 e. The van der Waals surface area contributed by atoms with E-state index in [1.807, 2.05) is 0 Å². The molecule has 0 saturated heterocycles. The molecule has 5 nitrogen and oxygen atoms in total. The summed E-state index contributed by atoms with van der Waals surface area (Å²) in [5.41, 5.74) is 0.0782. The van der Waals surface area contributed by atoms with Gasteiger partial charge < -0.3 is 10.4 Å². The Labute approximate surface area is 128 Å². The van der Waals surface area contributed by atoms with Crippen LogP contribution in [0.3, 0.4) is 0 Å². The van der Waals surface area contributed by atoms with E-state index in [4.69, 9.17) is 23.2 Å². The second-order valence-electron chi connectivity index (χ2n) is 3.75. The highest BCUT2D eigenvalue weighted by molar-refractivity contribution is 7.10. The number of aromatic nitrogens is 1. The highest BCUT2D eigenvalue weighted by Gasteiger charge is 2.24. The van der Waals surface area contributed by atoms with E-state index in [1.165, 1.54) is 23.6 Å². The van der Waals surface area contributed by atoms with E-state index in [0.29, 0.717) is 4.88 Å². The summed E-state index contributed by atoms with van der Waals surface area (Å²) in [6.45, 7) is 0. The molecule has 0 saturated carbocycles. The summed E-state index contributed by atoms with van der Waals surface area (Å²) in [7, 11) is 0. The van der Waals surface area contributed by atoms with Gasteiger partial charge in [0.15, 0.2) is 6.04 Å². The molecule has 0 aliphatic heterocycles. The van der Waals surface area contributed by atoms with Gasteiger partial charge in [0.1, 0.15) is 5.15 Å². The average Bonchev–Trinajstić information content (AvgIpc) is 2.91. The fraction of sp³-hybridized carbons (Fsp3) is 0.0833. The van der Waals surface area contributed by atoms with Gasteiger partial charge in [-0.1, -0.05) is 29.3 Å². The maximum atomic E-state index is 12.1. The van der Waals surface area contributed by atoms with Gasteiger partial charge in [-0.3, -0.25) is 4.79 Å². The first-order valence-electron chi connectivity index (χ1n) is 5.37. The van der Waals surface area contributed by atoms with E-state index < -0.39 is 17.9 Å². The molecule has 1 amide bonds. The van der Waals surface area contributed by atoms with Crippen molar-refractivity contribution in [1.29, 1.82) is 0 Å². The third-order valence-electron chi connectivity index (χ3n) is 2.42. The number of carboxylic acids is 1. The monoisotopic (exact) mass is 330 g/mol. The molecular weight excluding hydrogens is 323 g/mol. The van der Waals surface area contributed by atoms with E-state index in [2.05, 4.69) is 10.3 Å². The van der Waals surface area contributed by atoms with E-state index in [-0.39, 0.29) is 15.7 Å². The molecule has 2 N–H and O–H groups in total. The number of carbonyl (C=O) groups is 2. The minimum absolute atomic E-state index is 0.0782. The lowest BCUT2D eigenvalue weighted by Crippen LogP contribution is -2.33. The number of carboxylic acid groups (broad SMARTS) is 1. The van der Waals surface area contributed by atoms with Crippen LogP contribution in [0.15, 0.2) is 29.8 Å². The maximum absolute atomic E-state index is 12.1. The quantitative estimate of drug-likeness (QED) is 0.844. The molecule has 0 aliphatic carbocycles. The van der Waals surface area contributed by atoms with E-state index in [9.17, 15) is 14.7 Å². The van der Waals surface area contributed by atoms with Gasteiger partial charge in [-0.05, 0) is 17.5 Å². The highest BCUT2D eigenvalue weighted by atomic mass is 35.5. The number of hydrogen-bond acceptors (Lipinski definition) is 4. The Balaban J connectivity index is 2.25. The molecule has 8 heteroatoms. The number of hydrogen-bond donors (Lipinski definition) is 2. The first kappa shape index (κ1) is 14.8. The van der Waals surface area contributed by atoms with Crippen LogP contribution < -0.4 is 5.32 Å². The number of pyridine rings is 1. The molecule has 0 radical (unpaired) electrons. The van der Waals surface area contributed by atoms with Crippen molar-refractivity contribution in [1.82, 2.24) is 10.3 Å². The Kier molecular flexibility index (Phi) is 4.59. The van der Waals surface area contributed by atoms with Gasteiger partial charge in [-0.15, -0.1) is 11.3 Å². The van der Waals surface area contributed by atoms with Crippen molar-refractivity contribution >= 4 is 46.4 Å². The van der Waals surface area contributed by atoms with Gasteiger partial charge >= 0.3 is 5.97 Å². The number of aliphatic carboxylic acids is 1. The smallest absolute Gasteiger partial charge is 0.331 e. The van der Waals surface area contributed by atoms with Gasteiger partial charge in [-0.25, -0.2) is 9.78 Å². The molecule has 0 aliphatic rings. The van der Waals surface area contributed by atoms with Gasteiger partial charge in [0.05, 0.1) is 10.6 Å². The van der Waals surface area contributed by atoms with Crippen molar-refractivity contribution in [3.63, 3.8) is 0 Å². The van der Waals surface area contributed by atoms with Crippen LogP contribution in [0.4, 0.5) is 0 Å². The molecule has 2 aromatic rings. The first-order valence-corrected chi connectivity index (χ1v) is 7.00. The Morgan fingerprint density at radius 3 is 2.75 bits per heavy atom. The Bertz CT molecular complexity index is 646. The van der Waals surface area contributed by atoms with Gasteiger partial charge in [-0.2, -0.15) is 0 Å².